The maximum Gasteiger partial charge on any atom is 0.269 e. The summed E-state index contributed by atoms with van der Waals surface area (Å²) in [6.45, 7) is 2.32. The van der Waals surface area contributed by atoms with Gasteiger partial charge >= 0.3 is 0 Å². The number of aryl methyl sites for hydroxylation is 1. The highest BCUT2D eigenvalue weighted by Gasteiger charge is 2.12. The van der Waals surface area contributed by atoms with E-state index in [0.29, 0.717) is 17.1 Å². The molecule has 0 aliphatic carbocycles. The van der Waals surface area contributed by atoms with Gasteiger partial charge in [-0.05, 0) is 60.0 Å². The Bertz CT molecular complexity index is 1230. The summed E-state index contributed by atoms with van der Waals surface area (Å²) in [6.07, 6.45) is 0.911. The number of non-ortho nitro benzene ring substituents is 1. The van der Waals surface area contributed by atoms with Crippen LogP contribution in [-0.2, 0) is 13.0 Å². The molecule has 4 aromatic rings. The summed E-state index contributed by atoms with van der Waals surface area (Å²) in [6, 6.07) is 19.1. The van der Waals surface area contributed by atoms with E-state index in [9.17, 15) is 14.9 Å². The predicted molar refractivity (Wildman–Crippen MR) is 117 cm³/mol. The Morgan fingerprint density at radius 2 is 1.77 bits per heavy atom. The van der Waals surface area contributed by atoms with E-state index in [1.807, 2.05) is 18.2 Å². The fourth-order valence-electron chi connectivity index (χ4n) is 3.13. The van der Waals surface area contributed by atoms with Crippen molar-refractivity contribution in [1.29, 1.82) is 0 Å². The molecule has 0 bridgehead atoms. The number of fused-ring (bicyclic) bond motifs is 1. The maximum atomic E-state index is 12.6. The molecule has 1 heterocycles. The predicted octanol–water partition coefficient (Wildman–Crippen LogP) is 4.86. The molecule has 0 radical (unpaired) electrons. The van der Waals surface area contributed by atoms with Gasteiger partial charge in [-0.2, -0.15) is 5.10 Å². The minimum absolute atomic E-state index is 0.0354. The first-order chi connectivity index (χ1) is 15.0. The lowest BCUT2D eigenvalue weighted by Crippen LogP contribution is -2.12. The summed E-state index contributed by atoms with van der Waals surface area (Å²) in [5.74, 6) is 0.767. The fourth-order valence-corrected chi connectivity index (χ4v) is 3.13. The van der Waals surface area contributed by atoms with Crippen molar-refractivity contribution in [2.45, 2.75) is 20.0 Å². The van der Waals surface area contributed by atoms with E-state index in [4.69, 9.17) is 4.74 Å². The van der Waals surface area contributed by atoms with Gasteiger partial charge in [-0.25, -0.2) is 0 Å². The smallest absolute Gasteiger partial charge is 0.269 e. The summed E-state index contributed by atoms with van der Waals surface area (Å²) >= 11 is 0. The molecule has 0 fully saturated rings. The molecule has 3 aromatic carbocycles. The van der Waals surface area contributed by atoms with Crippen LogP contribution in [0.1, 0.15) is 28.4 Å². The third kappa shape index (κ3) is 4.53. The van der Waals surface area contributed by atoms with Gasteiger partial charge in [0.1, 0.15) is 12.4 Å². The molecule has 8 heteroatoms. The van der Waals surface area contributed by atoms with Gasteiger partial charge in [0, 0.05) is 23.1 Å². The lowest BCUT2D eigenvalue weighted by molar-refractivity contribution is -0.384. The number of nitrogens with zero attached hydrogens (tertiary/aromatic N) is 2. The molecule has 0 aliphatic heterocycles. The number of anilines is 1. The third-order valence-electron chi connectivity index (χ3n) is 4.94. The molecule has 4 rings (SSSR count). The lowest BCUT2D eigenvalue weighted by atomic mass is 10.1. The Morgan fingerprint density at radius 1 is 1.06 bits per heavy atom. The molecular weight excluding hydrogens is 396 g/mol. The summed E-state index contributed by atoms with van der Waals surface area (Å²) in [7, 11) is 0. The fraction of sp³-hybridized carbons (Fsp3) is 0.130. The van der Waals surface area contributed by atoms with Crippen molar-refractivity contribution in [1.82, 2.24) is 10.2 Å². The quantitative estimate of drug-likeness (QED) is 0.330. The van der Waals surface area contributed by atoms with Gasteiger partial charge < -0.3 is 10.1 Å². The molecule has 0 aliphatic rings. The highest BCUT2D eigenvalue weighted by atomic mass is 16.6. The highest BCUT2D eigenvalue weighted by Crippen LogP contribution is 2.26. The zero-order valence-corrected chi connectivity index (χ0v) is 16.8. The van der Waals surface area contributed by atoms with Crippen LogP contribution in [0.15, 0.2) is 66.7 Å². The Labute approximate surface area is 178 Å². The van der Waals surface area contributed by atoms with Crippen LogP contribution >= 0.6 is 0 Å². The number of carbonyl (C=O) groups is 1. The normalized spacial score (nSPS) is 10.7. The largest absolute Gasteiger partial charge is 0.489 e. The van der Waals surface area contributed by atoms with E-state index < -0.39 is 4.92 Å². The number of carbonyl (C=O) groups excluding carboxylic acids is 1. The van der Waals surface area contributed by atoms with Crippen LogP contribution in [0.4, 0.5) is 11.5 Å². The van der Waals surface area contributed by atoms with Crippen molar-refractivity contribution >= 4 is 28.3 Å². The molecule has 31 heavy (non-hydrogen) atoms. The Kier molecular flexibility index (Phi) is 5.61. The molecule has 0 atom stereocenters. The summed E-state index contributed by atoms with van der Waals surface area (Å²) in [4.78, 5) is 22.9. The molecule has 8 nitrogen and oxygen atoms in total. The van der Waals surface area contributed by atoms with Gasteiger partial charge in [0.05, 0.1) is 10.4 Å². The lowest BCUT2D eigenvalue weighted by Gasteiger charge is -2.07. The number of ether oxygens (including phenoxy) is 1. The summed E-state index contributed by atoms with van der Waals surface area (Å²) < 4.78 is 5.82. The monoisotopic (exact) mass is 416 g/mol. The zero-order chi connectivity index (χ0) is 21.8. The van der Waals surface area contributed by atoms with Gasteiger partial charge in [-0.15, -0.1) is 0 Å². The summed E-state index contributed by atoms with van der Waals surface area (Å²) in [5.41, 5.74) is 3.32. The third-order valence-corrected chi connectivity index (χ3v) is 4.94. The highest BCUT2D eigenvalue weighted by molar-refractivity contribution is 6.08. The Morgan fingerprint density at radius 3 is 2.45 bits per heavy atom. The van der Waals surface area contributed by atoms with Gasteiger partial charge in [-0.1, -0.05) is 19.1 Å². The standard InChI is InChI=1S/C23H20N4O4/c1-2-15-3-7-17(8-4-15)23(28)24-22-20-13-19(11-12-21(20)25-26-22)31-14-16-5-9-18(10-6-16)27(29)30/h3-13H,2,14H2,1H3,(H2,24,25,26,28). The van der Waals surface area contributed by atoms with Crippen molar-refractivity contribution < 1.29 is 14.5 Å². The first-order valence-corrected chi connectivity index (χ1v) is 9.78. The van der Waals surface area contributed by atoms with E-state index in [0.717, 1.165) is 28.5 Å². The minimum atomic E-state index is -0.439. The average Bonchev–Trinajstić information content (AvgIpc) is 3.20. The SMILES string of the molecule is CCc1ccc(C(=O)Nc2n[nH]c3ccc(OCc4ccc([N+](=O)[O-])cc4)cc23)cc1. The number of amides is 1. The van der Waals surface area contributed by atoms with E-state index in [1.54, 1.807) is 36.4 Å². The van der Waals surface area contributed by atoms with Crippen LogP contribution in [0, 0.1) is 10.1 Å². The molecule has 0 unspecified atom stereocenters. The van der Waals surface area contributed by atoms with Gasteiger partial charge in [0.2, 0.25) is 0 Å². The summed E-state index contributed by atoms with van der Waals surface area (Å²) in [5, 5.41) is 21.4. The molecular formula is C23H20N4O4. The second kappa shape index (κ2) is 8.66. The molecule has 156 valence electrons. The zero-order valence-electron chi connectivity index (χ0n) is 16.8. The van der Waals surface area contributed by atoms with Crippen molar-refractivity contribution in [3.05, 3.63) is 93.5 Å². The van der Waals surface area contributed by atoms with Gasteiger partial charge in [0.15, 0.2) is 5.82 Å². The Hall–Kier alpha value is -4.20. The number of nitro groups is 1. The molecule has 1 aromatic heterocycles. The average molecular weight is 416 g/mol. The molecule has 2 N–H and O–H groups in total. The molecule has 0 saturated carbocycles. The second-order valence-electron chi connectivity index (χ2n) is 7.00. The van der Waals surface area contributed by atoms with E-state index in [1.165, 1.54) is 12.1 Å². The van der Waals surface area contributed by atoms with Crippen LogP contribution < -0.4 is 10.1 Å². The minimum Gasteiger partial charge on any atom is -0.489 e. The number of hydrogen-bond acceptors (Lipinski definition) is 5. The number of aromatic amines is 1. The van der Waals surface area contributed by atoms with Crippen LogP contribution in [0.2, 0.25) is 0 Å². The van der Waals surface area contributed by atoms with Crippen LogP contribution in [0.3, 0.4) is 0 Å². The number of nitro benzene ring substituents is 1. The Balaban J connectivity index is 1.47. The van der Waals surface area contributed by atoms with Crippen molar-refractivity contribution in [2.75, 3.05) is 5.32 Å². The van der Waals surface area contributed by atoms with E-state index in [-0.39, 0.29) is 18.2 Å². The van der Waals surface area contributed by atoms with Gasteiger partial charge in [0.25, 0.3) is 11.6 Å². The van der Waals surface area contributed by atoms with E-state index >= 15 is 0 Å². The number of nitrogens with one attached hydrogen (secondary N) is 2. The second-order valence-corrected chi connectivity index (χ2v) is 7.00. The first kappa shape index (κ1) is 20.1. The molecule has 0 saturated heterocycles. The number of rotatable bonds is 7. The van der Waals surface area contributed by atoms with Crippen LogP contribution in [-0.4, -0.2) is 21.0 Å². The number of aromatic nitrogens is 2. The van der Waals surface area contributed by atoms with Crippen molar-refractivity contribution in [3.63, 3.8) is 0 Å². The number of benzene rings is 3. The maximum absolute atomic E-state index is 12.6. The van der Waals surface area contributed by atoms with Crippen LogP contribution in [0.25, 0.3) is 10.9 Å². The number of hydrogen-bond donors (Lipinski definition) is 2. The first-order valence-electron chi connectivity index (χ1n) is 9.78. The van der Waals surface area contributed by atoms with Crippen molar-refractivity contribution in [2.24, 2.45) is 0 Å². The van der Waals surface area contributed by atoms with Gasteiger partial charge in [-0.3, -0.25) is 20.0 Å². The molecule has 1 amide bonds. The molecule has 0 spiro atoms. The number of H-pyrrole nitrogens is 1. The topological polar surface area (TPSA) is 110 Å². The van der Waals surface area contributed by atoms with E-state index in [2.05, 4.69) is 22.4 Å². The van der Waals surface area contributed by atoms with Crippen molar-refractivity contribution in [3.8, 4) is 5.75 Å². The van der Waals surface area contributed by atoms with Crippen LogP contribution in [0.5, 0.6) is 5.75 Å².